The van der Waals surface area contributed by atoms with Crippen LogP contribution in [-0.4, -0.2) is 19.4 Å². The molecule has 0 saturated carbocycles. The van der Waals surface area contributed by atoms with Crippen molar-refractivity contribution in [3.63, 3.8) is 0 Å². The maximum Gasteiger partial charge on any atom is 0.212 e. The summed E-state index contributed by atoms with van der Waals surface area (Å²) in [6.45, 7) is 2.88. The van der Waals surface area contributed by atoms with Crippen LogP contribution in [0.3, 0.4) is 0 Å². The number of hydrogen-bond donors (Lipinski definition) is 1. The first-order valence-corrected chi connectivity index (χ1v) is 4.40. The minimum atomic E-state index is -0.340. The van der Waals surface area contributed by atoms with Crippen molar-refractivity contribution in [2.45, 2.75) is 13.2 Å². The highest BCUT2D eigenvalue weighted by Crippen LogP contribution is 2.10. The van der Waals surface area contributed by atoms with E-state index in [1.807, 2.05) is 37.3 Å². The van der Waals surface area contributed by atoms with E-state index in [4.69, 9.17) is 15.2 Å². The normalized spacial score (nSPS) is 12.5. The highest BCUT2D eigenvalue weighted by molar-refractivity contribution is 5.21. The Morgan fingerprint density at radius 3 is 2.54 bits per heavy atom. The van der Waals surface area contributed by atoms with Crippen molar-refractivity contribution in [1.82, 2.24) is 0 Å². The molecular weight excluding hydrogens is 166 g/mol. The Hall–Kier alpha value is -1.06. The maximum atomic E-state index is 5.46. The Kier molecular flexibility index (Phi) is 4.29. The maximum absolute atomic E-state index is 5.46. The molecule has 3 heteroatoms. The van der Waals surface area contributed by atoms with E-state index in [1.165, 1.54) is 0 Å². The van der Waals surface area contributed by atoms with Crippen molar-refractivity contribution in [1.29, 1.82) is 0 Å². The average molecular weight is 181 g/mol. The van der Waals surface area contributed by atoms with Gasteiger partial charge in [-0.15, -0.1) is 0 Å². The fourth-order valence-corrected chi connectivity index (χ4v) is 0.987. The molecule has 0 bridgehead atoms. The molecule has 2 N–H and O–H groups in total. The summed E-state index contributed by atoms with van der Waals surface area (Å²) in [5, 5.41) is 0. The van der Waals surface area contributed by atoms with Crippen molar-refractivity contribution in [3.8, 4) is 5.75 Å². The lowest BCUT2D eigenvalue weighted by atomic mass is 10.3. The summed E-state index contributed by atoms with van der Waals surface area (Å²) in [4.78, 5) is 0. The van der Waals surface area contributed by atoms with Crippen LogP contribution in [0.1, 0.15) is 6.92 Å². The van der Waals surface area contributed by atoms with E-state index < -0.39 is 0 Å². The summed E-state index contributed by atoms with van der Waals surface area (Å²) in [7, 11) is 0. The molecule has 3 nitrogen and oxygen atoms in total. The van der Waals surface area contributed by atoms with Gasteiger partial charge in [-0.1, -0.05) is 18.2 Å². The van der Waals surface area contributed by atoms with Crippen LogP contribution in [0.5, 0.6) is 5.75 Å². The fraction of sp³-hybridized carbons (Fsp3) is 0.400. The second-order valence-corrected chi connectivity index (χ2v) is 2.55. The van der Waals surface area contributed by atoms with Gasteiger partial charge in [0.25, 0.3) is 0 Å². The van der Waals surface area contributed by atoms with Crippen LogP contribution in [0.2, 0.25) is 0 Å². The van der Waals surface area contributed by atoms with E-state index in [0.717, 1.165) is 5.75 Å². The highest BCUT2D eigenvalue weighted by Gasteiger charge is 2.05. The van der Waals surface area contributed by atoms with Crippen molar-refractivity contribution in [3.05, 3.63) is 30.3 Å². The number of para-hydroxylation sites is 1. The smallest absolute Gasteiger partial charge is 0.212 e. The SMILES string of the molecule is CCOC(CN)Oc1ccccc1. The van der Waals surface area contributed by atoms with E-state index in [1.54, 1.807) is 0 Å². The summed E-state index contributed by atoms with van der Waals surface area (Å²) in [6, 6.07) is 9.51. The molecule has 72 valence electrons. The second-order valence-electron chi connectivity index (χ2n) is 2.55. The Morgan fingerprint density at radius 1 is 1.31 bits per heavy atom. The Balaban J connectivity index is 2.46. The molecule has 0 aliphatic carbocycles. The van der Waals surface area contributed by atoms with Gasteiger partial charge in [0.15, 0.2) is 0 Å². The zero-order valence-electron chi connectivity index (χ0n) is 7.77. The van der Waals surface area contributed by atoms with E-state index >= 15 is 0 Å². The third-order valence-electron chi connectivity index (χ3n) is 1.56. The average Bonchev–Trinajstić information content (AvgIpc) is 2.19. The summed E-state index contributed by atoms with van der Waals surface area (Å²) < 4.78 is 10.7. The molecule has 1 atom stereocenters. The van der Waals surface area contributed by atoms with Gasteiger partial charge < -0.3 is 15.2 Å². The van der Waals surface area contributed by atoms with Crippen LogP contribution in [0.4, 0.5) is 0 Å². The quantitative estimate of drug-likeness (QED) is 0.698. The molecule has 1 aromatic carbocycles. The number of ether oxygens (including phenoxy) is 2. The molecule has 0 aromatic heterocycles. The van der Waals surface area contributed by atoms with E-state index in [9.17, 15) is 0 Å². The standard InChI is InChI=1S/C10H15NO2/c1-2-12-10(8-11)13-9-6-4-3-5-7-9/h3-7,10H,2,8,11H2,1H3. The van der Waals surface area contributed by atoms with E-state index in [2.05, 4.69) is 0 Å². The molecule has 0 spiro atoms. The van der Waals surface area contributed by atoms with Crippen LogP contribution >= 0.6 is 0 Å². The zero-order chi connectivity index (χ0) is 9.52. The molecular formula is C10H15NO2. The predicted molar refractivity (Wildman–Crippen MR) is 51.5 cm³/mol. The number of hydrogen-bond acceptors (Lipinski definition) is 3. The van der Waals surface area contributed by atoms with Crippen LogP contribution < -0.4 is 10.5 Å². The van der Waals surface area contributed by atoms with Gasteiger partial charge in [-0.05, 0) is 19.1 Å². The van der Waals surface area contributed by atoms with Crippen molar-refractivity contribution in [2.24, 2.45) is 5.73 Å². The largest absolute Gasteiger partial charge is 0.464 e. The first-order valence-electron chi connectivity index (χ1n) is 4.40. The summed E-state index contributed by atoms with van der Waals surface area (Å²) >= 11 is 0. The van der Waals surface area contributed by atoms with Crippen LogP contribution in [0, 0.1) is 0 Å². The lowest BCUT2D eigenvalue weighted by Crippen LogP contribution is -2.29. The molecule has 13 heavy (non-hydrogen) atoms. The molecule has 0 aliphatic rings. The number of benzene rings is 1. The minimum Gasteiger partial charge on any atom is -0.464 e. The van der Waals surface area contributed by atoms with Gasteiger partial charge in [-0.25, -0.2) is 0 Å². The van der Waals surface area contributed by atoms with Crippen LogP contribution in [0.15, 0.2) is 30.3 Å². The lowest BCUT2D eigenvalue weighted by molar-refractivity contribution is -0.0678. The predicted octanol–water partition coefficient (Wildman–Crippen LogP) is 1.39. The monoisotopic (exact) mass is 181 g/mol. The summed E-state index contributed by atoms with van der Waals surface area (Å²) in [5.41, 5.74) is 5.46. The molecule has 1 unspecified atom stereocenters. The van der Waals surface area contributed by atoms with Crippen LogP contribution in [-0.2, 0) is 4.74 Å². The van der Waals surface area contributed by atoms with Gasteiger partial charge >= 0.3 is 0 Å². The molecule has 0 saturated heterocycles. The zero-order valence-corrected chi connectivity index (χ0v) is 7.77. The number of nitrogens with two attached hydrogens (primary N) is 1. The highest BCUT2D eigenvalue weighted by atomic mass is 16.7. The second kappa shape index (κ2) is 5.56. The van der Waals surface area contributed by atoms with Gasteiger partial charge in [-0.3, -0.25) is 0 Å². The molecule has 1 rings (SSSR count). The third kappa shape index (κ3) is 3.44. The molecule has 0 radical (unpaired) electrons. The molecule has 1 aromatic rings. The first-order chi connectivity index (χ1) is 6.36. The lowest BCUT2D eigenvalue weighted by Gasteiger charge is -2.16. The van der Waals surface area contributed by atoms with E-state index in [-0.39, 0.29) is 6.29 Å². The number of rotatable bonds is 5. The Morgan fingerprint density at radius 2 is 2.00 bits per heavy atom. The topological polar surface area (TPSA) is 44.5 Å². The van der Waals surface area contributed by atoms with E-state index in [0.29, 0.717) is 13.2 Å². The molecule has 0 fully saturated rings. The first kappa shape index (κ1) is 10.0. The van der Waals surface area contributed by atoms with Gasteiger partial charge in [0, 0.05) is 6.61 Å². The van der Waals surface area contributed by atoms with Gasteiger partial charge in [-0.2, -0.15) is 0 Å². The van der Waals surface area contributed by atoms with Crippen LogP contribution in [0.25, 0.3) is 0 Å². The molecule has 0 heterocycles. The van der Waals surface area contributed by atoms with Gasteiger partial charge in [0.1, 0.15) is 5.75 Å². The fourth-order valence-electron chi connectivity index (χ4n) is 0.987. The van der Waals surface area contributed by atoms with Gasteiger partial charge in [0.2, 0.25) is 6.29 Å². The summed E-state index contributed by atoms with van der Waals surface area (Å²) in [6.07, 6.45) is -0.340. The summed E-state index contributed by atoms with van der Waals surface area (Å²) in [5.74, 6) is 0.784. The third-order valence-corrected chi connectivity index (χ3v) is 1.56. The van der Waals surface area contributed by atoms with Crippen molar-refractivity contribution < 1.29 is 9.47 Å². The Labute approximate surface area is 78.5 Å². The molecule has 0 aliphatic heterocycles. The van der Waals surface area contributed by atoms with Crippen molar-refractivity contribution in [2.75, 3.05) is 13.2 Å². The Bertz CT molecular complexity index is 226. The molecule has 0 amide bonds. The minimum absolute atomic E-state index is 0.340. The van der Waals surface area contributed by atoms with Crippen molar-refractivity contribution >= 4 is 0 Å². The van der Waals surface area contributed by atoms with Gasteiger partial charge in [0.05, 0.1) is 6.54 Å².